The lowest BCUT2D eigenvalue weighted by molar-refractivity contribution is -0.144. The van der Waals surface area contributed by atoms with Crippen molar-refractivity contribution in [1.82, 2.24) is 14.8 Å². The van der Waals surface area contributed by atoms with E-state index in [1.807, 2.05) is 36.5 Å². The Morgan fingerprint density at radius 2 is 1.86 bits per heavy atom. The molecule has 8 heteroatoms. The summed E-state index contributed by atoms with van der Waals surface area (Å²) >= 11 is 6.30. The molecular formula is C41H51ClN4O3. The quantitative estimate of drug-likeness (QED) is 0.231. The van der Waals surface area contributed by atoms with Crippen molar-refractivity contribution in [2.24, 2.45) is 17.3 Å². The first-order chi connectivity index (χ1) is 23.6. The van der Waals surface area contributed by atoms with Crippen LogP contribution in [0.2, 0.25) is 5.02 Å². The van der Waals surface area contributed by atoms with E-state index in [0.29, 0.717) is 41.7 Å². The minimum absolute atomic E-state index is 0.0444. The summed E-state index contributed by atoms with van der Waals surface area (Å²) in [5, 5.41) is 14.7. The Morgan fingerprint density at radius 1 is 1.06 bits per heavy atom. The fourth-order valence-electron chi connectivity index (χ4n) is 10.5. The monoisotopic (exact) mass is 682 g/mol. The Kier molecular flexibility index (Phi) is 8.69. The minimum atomic E-state index is -1.02. The van der Waals surface area contributed by atoms with Crippen LogP contribution in [0.15, 0.2) is 54.7 Å². The van der Waals surface area contributed by atoms with Crippen molar-refractivity contribution < 1.29 is 14.6 Å². The summed E-state index contributed by atoms with van der Waals surface area (Å²) in [7, 11) is 2.22. The van der Waals surface area contributed by atoms with Gasteiger partial charge >= 0.3 is 5.97 Å². The molecule has 0 bridgehead atoms. The van der Waals surface area contributed by atoms with Gasteiger partial charge in [0.05, 0.1) is 6.61 Å². The second-order valence-corrected chi connectivity index (χ2v) is 16.9. The molecule has 2 aromatic carbocycles. The molecule has 8 rings (SSSR count). The minimum Gasteiger partial charge on any atom is -0.493 e. The average molecular weight is 683 g/mol. The lowest BCUT2D eigenvalue weighted by Gasteiger charge is -2.59. The lowest BCUT2D eigenvalue weighted by Crippen LogP contribution is -2.70. The highest BCUT2D eigenvalue weighted by molar-refractivity contribution is 6.30. The number of ether oxygens (including phenoxy) is 1. The molecule has 1 aromatic heterocycles. The molecule has 2 aliphatic heterocycles. The maximum absolute atomic E-state index is 13.0. The molecule has 49 heavy (non-hydrogen) atoms. The molecule has 2 atom stereocenters. The first kappa shape index (κ1) is 33.0. The predicted octanol–water partition coefficient (Wildman–Crippen LogP) is 7.39. The Bertz CT molecular complexity index is 1700. The van der Waals surface area contributed by atoms with Crippen LogP contribution in [0.3, 0.4) is 0 Å². The van der Waals surface area contributed by atoms with Gasteiger partial charge in [-0.15, -0.1) is 0 Å². The van der Waals surface area contributed by atoms with Crippen LogP contribution >= 0.6 is 11.6 Å². The maximum Gasteiger partial charge on any atom is 0.329 e. The smallest absolute Gasteiger partial charge is 0.329 e. The first-order valence-corrected chi connectivity index (χ1v) is 18.9. The summed E-state index contributed by atoms with van der Waals surface area (Å²) in [6.07, 6.45) is 11.4. The van der Waals surface area contributed by atoms with Crippen molar-refractivity contribution in [1.29, 1.82) is 0 Å². The number of carboxylic acids is 1. The average Bonchev–Trinajstić information content (AvgIpc) is 3.34. The lowest BCUT2D eigenvalue weighted by atomic mass is 9.59. The van der Waals surface area contributed by atoms with Gasteiger partial charge in [-0.3, -0.25) is 9.88 Å². The summed E-state index contributed by atoms with van der Waals surface area (Å²) in [6, 6.07) is 16.8. The number of nitrogens with zero attached hydrogens (tertiary/aromatic N) is 3. The van der Waals surface area contributed by atoms with Crippen LogP contribution in [0, 0.1) is 17.3 Å². The topological polar surface area (TPSA) is 77.9 Å². The van der Waals surface area contributed by atoms with E-state index in [0.717, 1.165) is 56.5 Å². The van der Waals surface area contributed by atoms with Gasteiger partial charge < -0.3 is 20.1 Å². The van der Waals surface area contributed by atoms with Crippen LogP contribution in [0.5, 0.6) is 5.75 Å². The SMILES string of the molecule is C[C@@H](COc1ccnc2c1CCCC2)CC1Cc2ccc(CN3CC4(CN(C)C4)C3)cc2C12CCC(Nc1cccc(Cl)c1)(C(=O)O)CC2. The molecule has 2 N–H and O–H groups in total. The number of hydrogen-bond donors (Lipinski definition) is 2. The van der Waals surface area contributed by atoms with Gasteiger partial charge in [0.1, 0.15) is 11.3 Å². The van der Waals surface area contributed by atoms with E-state index in [1.54, 1.807) is 0 Å². The molecule has 2 spiro atoms. The fourth-order valence-corrected chi connectivity index (χ4v) is 10.7. The summed E-state index contributed by atoms with van der Waals surface area (Å²) in [5.41, 5.74) is 7.07. The van der Waals surface area contributed by atoms with Crippen LogP contribution in [0.1, 0.15) is 79.8 Å². The van der Waals surface area contributed by atoms with Crippen LogP contribution < -0.4 is 10.1 Å². The number of rotatable bonds is 10. The highest BCUT2D eigenvalue weighted by Crippen LogP contribution is 2.56. The first-order valence-electron chi connectivity index (χ1n) is 18.5. The summed E-state index contributed by atoms with van der Waals surface area (Å²) < 4.78 is 6.54. The van der Waals surface area contributed by atoms with Crippen LogP contribution in [-0.2, 0) is 36.0 Å². The molecule has 1 saturated carbocycles. The maximum atomic E-state index is 13.0. The highest BCUT2D eigenvalue weighted by Gasteiger charge is 2.54. The third kappa shape index (κ3) is 6.25. The van der Waals surface area contributed by atoms with E-state index in [1.165, 1.54) is 67.0 Å². The van der Waals surface area contributed by atoms with Crippen LogP contribution in [0.4, 0.5) is 5.69 Å². The summed E-state index contributed by atoms with van der Waals surface area (Å²) in [5.74, 6) is 1.06. The van der Waals surface area contributed by atoms with Crippen molar-refractivity contribution >= 4 is 23.3 Å². The van der Waals surface area contributed by atoms with Gasteiger partial charge in [0.25, 0.3) is 0 Å². The van der Waals surface area contributed by atoms with E-state index < -0.39 is 11.5 Å². The number of carbonyl (C=O) groups is 1. The van der Waals surface area contributed by atoms with Crippen molar-refractivity contribution in [3.63, 3.8) is 0 Å². The van der Waals surface area contributed by atoms with Crippen molar-refractivity contribution in [3.8, 4) is 5.75 Å². The van der Waals surface area contributed by atoms with Gasteiger partial charge in [0.15, 0.2) is 0 Å². The van der Waals surface area contributed by atoms with Crippen LogP contribution in [0.25, 0.3) is 0 Å². The standard InChI is InChI=1S/C41H51ClN4O3/c1-28(23-49-37-12-17-43-36-9-4-3-8-34(36)37)18-31-20-30-11-10-29(22-46-26-39(27-46)24-45(2)25-39)19-35(30)40(31)13-15-41(16-14-40,38(47)48)44-33-7-5-6-32(42)21-33/h5-7,10-12,17,19,21,28,31,44H,3-4,8-9,13-16,18,20,22-27H2,1-2H3,(H,47,48)/t28-,31?,40?,41?/m1/s1. The Morgan fingerprint density at radius 3 is 2.61 bits per heavy atom. The largest absolute Gasteiger partial charge is 0.493 e. The number of nitrogens with one attached hydrogen (secondary N) is 1. The molecule has 7 nitrogen and oxygen atoms in total. The molecule has 0 amide bonds. The zero-order valence-corrected chi connectivity index (χ0v) is 29.9. The van der Waals surface area contributed by atoms with E-state index in [4.69, 9.17) is 16.3 Å². The second kappa shape index (κ2) is 12.9. The molecule has 3 aliphatic carbocycles. The summed E-state index contributed by atoms with van der Waals surface area (Å²) in [6.45, 7) is 8.84. The second-order valence-electron chi connectivity index (χ2n) is 16.5. The Hall–Kier alpha value is -3.13. The number of aliphatic carboxylic acids is 1. The van der Waals surface area contributed by atoms with Gasteiger partial charge in [-0.2, -0.15) is 0 Å². The number of pyridine rings is 1. The van der Waals surface area contributed by atoms with E-state index in [2.05, 4.69) is 52.3 Å². The van der Waals surface area contributed by atoms with Gasteiger partial charge in [-0.25, -0.2) is 4.79 Å². The molecule has 260 valence electrons. The molecular weight excluding hydrogens is 632 g/mol. The number of fused-ring (bicyclic) bond motifs is 3. The van der Waals surface area contributed by atoms with E-state index in [-0.39, 0.29) is 5.41 Å². The van der Waals surface area contributed by atoms with Gasteiger partial charge in [0.2, 0.25) is 0 Å². The Labute approximate surface area is 296 Å². The van der Waals surface area contributed by atoms with Crippen molar-refractivity contribution in [2.45, 2.75) is 88.6 Å². The zero-order chi connectivity index (χ0) is 33.8. The third-order valence-corrected chi connectivity index (χ3v) is 12.9. The van der Waals surface area contributed by atoms with Gasteiger partial charge in [-0.1, -0.05) is 42.8 Å². The van der Waals surface area contributed by atoms with Gasteiger partial charge in [0, 0.05) is 66.3 Å². The Balaban J connectivity index is 1.02. The third-order valence-electron chi connectivity index (χ3n) is 12.7. The number of anilines is 1. The normalized spacial score (nSPS) is 27.9. The number of aromatic nitrogens is 1. The number of likely N-dealkylation sites (tertiary alicyclic amines) is 2. The molecule has 2 saturated heterocycles. The van der Waals surface area contributed by atoms with Gasteiger partial charge in [-0.05, 0) is 129 Å². The highest BCUT2D eigenvalue weighted by atomic mass is 35.5. The fraction of sp³-hybridized carbons (Fsp3) is 0.561. The number of benzene rings is 2. The molecule has 1 unspecified atom stereocenters. The molecule has 3 heterocycles. The van der Waals surface area contributed by atoms with Crippen molar-refractivity contribution in [2.75, 3.05) is 45.2 Å². The number of halogens is 1. The molecule has 0 radical (unpaired) electrons. The number of hydrogen-bond acceptors (Lipinski definition) is 6. The number of aryl methyl sites for hydroxylation is 1. The summed E-state index contributed by atoms with van der Waals surface area (Å²) in [4.78, 5) is 22.7. The van der Waals surface area contributed by atoms with E-state index >= 15 is 0 Å². The number of carboxylic acid groups (broad SMARTS) is 1. The van der Waals surface area contributed by atoms with Crippen LogP contribution in [-0.4, -0.2) is 71.2 Å². The zero-order valence-electron chi connectivity index (χ0n) is 29.1. The molecule has 3 fully saturated rings. The van der Waals surface area contributed by atoms with Crippen molar-refractivity contribution in [3.05, 3.63) is 87.7 Å². The predicted molar refractivity (Wildman–Crippen MR) is 195 cm³/mol. The molecule has 3 aromatic rings. The molecule has 5 aliphatic rings. The van der Waals surface area contributed by atoms with E-state index in [9.17, 15) is 9.90 Å².